The van der Waals surface area contributed by atoms with Gasteiger partial charge in [0.15, 0.2) is 0 Å². The highest BCUT2D eigenvalue weighted by atomic mass is 14.1. The third-order valence-corrected chi connectivity index (χ3v) is 4.32. The molecule has 19 heavy (non-hydrogen) atoms. The third kappa shape index (κ3) is 1.34. The molecule has 0 aliphatic rings. The minimum atomic E-state index is 1.09. The van der Waals surface area contributed by atoms with Crippen molar-refractivity contribution < 1.29 is 0 Å². The van der Waals surface area contributed by atoms with Crippen molar-refractivity contribution in [2.24, 2.45) is 0 Å². The molecular formula is C19H16. The van der Waals surface area contributed by atoms with Crippen LogP contribution < -0.4 is 0 Å². The van der Waals surface area contributed by atoms with Crippen LogP contribution in [0.25, 0.3) is 32.3 Å². The predicted octanol–water partition coefficient (Wildman–Crippen LogP) is 5.45. The van der Waals surface area contributed by atoms with Crippen molar-refractivity contribution in [3.05, 3.63) is 59.7 Å². The lowest BCUT2D eigenvalue weighted by atomic mass is 9.89. The molecule has 0 fully saturated rings. The third-order valence-electron chi connectivity index (χ3n) is 4.32. The van der Waals surface area contributed by atoms with Gasteiger partial charge in [0.1, 0.15) is 0 Å². The zero-order valence-corrected chi connectivity index (χ0v) is 11.3. The van der Waals surface area contributed by atoms with Crippen molar-refractivity contribution in [1.82, 2.24) is 0 Å². The molecule has 0 saturated heterocycles. The van der Waals surface area contributed by atoms with Gasteiger partial charge in [0, 0.05) is 0 Å². The molecule has 0 saturated carbocycles. The minimum absolute atomic E-state index is 1.09. The number of aryl methyl sites for hydroxylation is 2. The Bertz CT molecular complexity index is 884. The summed E-state index contributed by atoms with van der Waals surface area (Å²) in [6, 6.07) is 18.0. The van der Waals surface area contributed by atoms with Gasteiger partial charge >= 0.3 is 0 Å². The summed E-state index contributed by atoms with van der Waals surface area (Å²) < 4.78 is 0. The molecule has 0 atom stereocenters. The van der Waals surface area contributed by atoms with E-state index >= 15 is 0 Å². The van der Waals surface area contributed by atoms with Crippen LogP contribution in [0.2, 0.25) is 0 Å². The normalized spacial score (nSPS) is 11.9. The molecule has 0 nitrogen and oxygen atoms in total. The molecule has 0 bridgehead atoms. The summed E-state index contributed by atoms with van der Waals surface area (Å²) in [5.41, 5.74) is 2.85. The Balaban J connectivity index is 2.41. The van der Waals surface area contributed by atoms with Crippen molar-refractivity contribution in [2.45, 2.75) is 20.3 Å². The summed E-state index contributed by atoms with van der Waals surface area (Å²) in [5, 5.41) is 8.40. The fourth-order valence-corrected chi connectivity index (χ4v) is 3.39. The van der Waals surface area contributed by atoms with E-state index in [4.69, 9.17) is 0 Å². The molecule has 0 N–H and O–H groups in total. The van der Waals surface area contributed by atoms with E-state index in [0.29, 0.717) is 0 Å². The summed E-state index contributed by atoms with van der Waals surface area (Å²) in [4.78, 5) is 0. The van der Waals surface area contributed by atoms with E-state index in [1.807, 2.05) is 0 Å². The molecule has 0 heteroatoms. The first-order chi connectivity index (χ1) is 9.29. The van der Waals surface area contributed by atoms with E-state index in [1.165, 1.54) is 43.4 Å². The van der Waals surface area contributed by atoms with Crippen LogP contribution in [-0.4, -0.2) is 0 Å². The van der Waals surface area contributed by atoms with Crippen LogP contribution in [0.15, 0.2) is 48.5 Å². The molecule has 0 aromatic heterocycles. The van der Waals surface area contributed by atoms with Crippen LogP contribution in [0, 0.1) is 6.92 Å². The number of rotatable bonds is 1. The Morgan fingerprint density at radius 1 is 0.789 bits per heavy atom. The molecular weight excluding hydrogens is 228 g/mol. The van der Waals surface area contributed by atoms with Crippen LogP contribution in [0.3, 0.4) is 0 Å². The van der Waals surface area contributed by atoms with E-state index in [-0.39, 0.29) is 0 Å². The van der Waals surface area contributed by atoms with Crippen molar-refractivity contribution in [2.75, 3.05) is 0 Å². The van der Waals surface area contributed by atoms with Crippen molar-refractivity contribution >= 4 is 32.3 Å². The summed E-state index contributed by atoms with van der Waals surface area (Å²) in [6.07, 6.45) is 1.09. The average Bonchev–Trinajstić information content (AvgIpc) is 2.46. The highest BCUT2D eigenvalue weighted by Gasteiger charge is 2.11. The molecule has 0 radical (unpaired) electrons. The lowest BCUT2D eigenvalue weighted by Crippen LogP contribution is -1.91. The average molecular weight is 244 g/mol. The Morgan fingerprint density at radius 2 is 1.47 bits per heavy atom. The smallest absolute Gasteiger partial charge is 0.00214 e. The van der Waals surface area contributed by atoms with E-state index in [1.54, 1.807) is 0 Å². The van der Waals surface area contributed by atoms with E-state index in [9.17, 15) is 0 Å². The molecule has 0 heterocycles. The summed E-state index contributed by atoms with van der Waals surface area (Å²) in [5.74, 6) is 0. The first-order valence-electron chi connectivity index (χ1n) is 6.95. The van der Waals surface area contributed by atoms with E-state index in [0.717, 1.165) is 6.42 Å². The topological polar surface area (TPSA) is 0 Å². The maximum Gasteiger partial charge on any atom is -0.00214 e. The van der Waals surface area contributed by atoms with Gasteiger partial charge in [0.25, 0.3) is 0 Å². The SMILES string of the molecule is CCc1cc(C)c2ccc3cccc4ccc1c2c34. The van der Waals surface area contributed by atoms with Crippen LogP contribution in [0.1, 0.15) is 18.1 Å². The fraction of sp³-hybridized carbons (Fsp3) is 0.158. The Hall–Kier alpha value is -2.08. The Kier molecular flexibility index (Phi) is 2.11. The molecule has 0 aliphatic heterocycles. The number of benzene rings is 4. The highest BCUT2D eigenvalue weighted by molar-refractivity contribution is 6.24. The Morgan fingerprint density at radius 3 is 2.16 bits per heavy atom. The van der Waals surface area contributed by atoms with Gasteiger partial charge in [-0.3, -0.25) is 0 Å². The first-order valence-corrected chi connectivity index (χ1v) is 6.95. The van der Waals surface area contributed by atoms with Gasteiger partial charge < -0.3 is 0 Å². The molecule has 92 valence electrons. The quantitative estimate of drug-likeness (QED) is 0.390. The van der Waals surface area contributed by atoms with Gasteiger partial charge in [-0.2, -0.15) is 0 Å². The van der Waals surface area contributed by atoms with Crippen molar-refractivity contribution in [3.63, 3.8) is 0 Å². The minimum Gasteiger partial charge on any atom is -0.0613 e. The van der Waals surface area contributed by atoms with Crippen molar-refractivity contribution in [3.8, 4) is 0 Å². The van der Waals surface area contributed by atoms with Gasteiger partial charge in [-0.25, -0.2) is 0 Å². The van der Waals surface area contributed by atoms with Crippen LogP contribution in [-0.2, 0) is 6.42 Å². The maximum atomic E-state index is 2.35. The molecule has 0 aliphatic carbocycles. The standard InChI is InChI=1S/C19H16/c1-3-13-11-12(2)16-9-7-14-5-4-6-15-8-10-17(13)19(16)18(14)15/h4-11H,3H2,1-2H3. The lowest BCUT2D eigenvalue weighted by Gasteiger charge is -2.15. The first kappa shape index (κ1) is 10.8. The maximum absolute atomic E-state index is 2.35. The molecule has 0 amide bonds. The van der Waals surface area contributed by atoms with Crippen molar-refractivity contribution in [1.29, 1.82) is 0 Å². The largest absolute Gasteiger partial charge is 0.0613 e. The van der Waals surface area contributed by atoms with Gasteiger partial charge in [-0.1, -0.05) is 55.5 Å². The summed E-state index contributed by atoms with van der Waals surface area (Å²) in [6.45, 7) is 4.47. The molecule has 0 spiro atoms. The lowest BCUT2D eigenvalue weighted by molar-refractivity contribution is 1.15. The van der Waals surface area contributed by atoms with Crippen LogP contribution in [0.5, 0.6) is 0 Å². The second kappa shape index (κ2) is 3.71. The monoisotopic (exact) mass is 244 g/mol. The fourth-order valence-electron chi connectivity index (χ4n) is 3.39. The summed E-state index contributed by atoms with van der Waals surface area (Å²) in [7, 11) is 0. The van der Waals surface area contributed by atoms with Gasteiger partial charge in [0.05, 0.1) is 0 Å². The van der Waals surface area contributed by atoms with E-state index < -0.39 is 0 Å². The highest BCUT2D eigenvalue weighted by Crippen LogP contribution is 2.37. The molecule has 4 aromatic rings. The number of hydrogen-bond acceptors (Lipinski definition) is 0. The zero-order chi connectivity index (χ0) is 13.0. The van der Waals surface area contributed by atoms with Gasteiger partial charge in [-0.05, 0) is 56.8 Å². The number of hydrogen-bond donors (Lipinski definition) is 0. The zero-order valence-electron chi connectivity index (χ0n) is 11.3. The van der Waals surface area contributed by atoms with Crippen LogP contribution >= 0.6 is 0 Å². The second-order valence-electron chi connectivity index (χ2n) is 5.39. The van der Waals surface area contributed by atoms with Gasteiger partial charge in [-0.15, -0.1) is 0 Å². The van der Waals surface area contributed by atoms with Gasteiger partial charge in [0.2, 0.25) is 0 Å². The molecule has 0 unspecified atom stereocenters. The second-order valence-corrected chi connectivity index (χ2v) is 5.39. The Labute approximate surface area is 113 Å². The molecule has 4 aromatic carbocycles. The van der Waals surface area contributed by atoms with Crippen LogP contribution in [0.4, 0.5) is 0 Å². The van der Waals surface area contributed by atoms with E-state index in [2.05, 4.69) is 62.4 Å². The molecule has 4 rings (SSSR count). The summed E-state index contributed by atoms with van der Waals surface area (Å²) >= 11 is 0. The predicted molar refractivity (Wildman–Crippen MR) is 84.3 cm³/mol.